The summed E-state index contributed by atoms with van der Waals surface area (Å²) < 4.78 is 15.7. The van der Waals surface area contributed by atoms with Gasteiger partial charge in [0.05, 0.1) is 23.2 Å². The van der Waals surface area contributed by atoms with Crippen molar-refractivity contribution in [3.05, 3.63) is 71.2 Å². The van der Waals surface area contributed by atoms with Gasteiger partial charge in [-0.15, -0.1) is 0 Å². The standard InChI is InChI=1S/C26H27FN8/c1-26(21-6-2-4-17(13-28)23(21)27)16-34-11-9-30-24(33-10-3-5-19(29)15-33)25(34)35(26)20-7-8-22-18(12-20)14-31-32-22/h2,4,6-9,12,14,19H,3,5,10-11,15-16,29H2,1H3,(H,31,32). The second kappa shape index (κ2) is 8.10. The lowest BCUT2D eigenvalue weighted by atomic mass is 9.88. The molecular weight excluding hydrogens is 443 g/mol. The lowest BCUT2D eigenvalue weighted by Crippen LogP contribution is -2.45. The molecule has 3 aromatic rings. The van der Waals surface area contributed by atoms with Gasteiger partial charge in [-0.1, -0.05) is 12.1 Å². The summed E-state index contributed by atoms with van der Waals surface area (Å²) >= 11 is 0. The number of nitrogens with one attached hydrogen (secondary N) is 1. The molecule has 3 aliphatic heterocycles. The minimum absolute atomic E-state index is 0.0475. The van der Waals surface area contributed by atoms with Crippen LogP contribution in [0, 0.1) is 17.1 Å². The zero-order chi connectivity index (χ0) is 24.2. The van der Waals surface area contributed by atoms with Gasteiger partial charge in [0.2, 0.25) is 0 Å². The Labute approximate surface area is 203 Å². The highest BCUT2D eigenvalue weighted by atomic mass is 19.1. The second-order valence-electron chi connectivity index (χ2n) is 9.70. The van der Waals surface area contributed by atoms with E-state index in [2.05, 4.69) is 31.0 Å². The fourth-order valence-corrected chi connectivity index (χ4v) is 5.71. The topological polar surface area (TPSA) is 101 Å². The van der Waals surface area contributed by atoms with Crippen molar-refractivity contribution in [1.29, 1.82) is 5.26 Å². The number of halogens is 1. The van der Waals surface area contributed by atoms with Crippen molar-refractivity contribution in [3.63, 3.8) is 0 Å². The van der Waals surface area contributed by atoms with Crippen molar-refractivity contribution >= 4 is 22.8 Å². The van der Waals surface area contributed by atoms with Crippen LogP contribution in [-0.2, 0) is 5.54 Å². The first-order valence-corrected chi connectivity index (χ1v) is 11.9. The summed E-state index contributed by atoms with van der Waals surface area (Å²) in [5.41, 5.74) is 7.86. The third kappa shape index (κ3) is 3.36. The highest BCUT2D eigenvalue weighted by molar-refractivity contribution is 5.83. The Morgan fingerprint density at radius 3 is 2.97 bits per heavy atom. The molecule has 0 amide bonds. The molecular formula is C26H27FN8. The zero-order valence-corrected chi connectivity index (χ0v) is 19.6. The number of nitrogens with zero attached hydrogens (tertiary/aromatic N) is 6. The smallest absolute Gasteiger partial charge is 0.169 e. The van der Waals surface area contributed by atoms with E-state index in [9.17, 15) is 5.26 Å². The molecule has 0 bridgehead atoms. The fourth-order valence-electron chi connectivity index (χ4n) is 5.71. The predicted molar refractivity (Wildman–Crippen MR) is 133 cm³/mol. The SMILES string of the molecule is CC1(c2cccc(C#N)c2F)CN2CC=NC(N3CCCC(N)C3)=C2N1c1ccc2n[nH]cc2c1. The van der Waals surface area contributed by atoms with Crippen molar-refractivity contribution in [2.24, 2.45) is 10.7 Å². The van der Waals surface area contributed by atoms with Gasteiger partial charge in [0, 0.05) is 54.7 Å². The first-order valence-electron chi connectivity index (χ1n) is 11.9. The summed E-state index contributed by atoms with van der Waals surface area (Å²) in [5.74, 6) is 1.32. The summed E-state index contributed by atoms with van der Waals surface area (Å²) in [5, 5.41) is 17.7. The van der Waals surface area contributed by atoms with E-state index in [1.807, 2.05) is 37.5 Å². The van der Waals surface area contributed by atoms with Crippen molar-refractivity contribution < 1.29 is 4.39 Å². The van der Waals surface area contributed by atoms with E-state index in [-0.39, 0.29) is 11.6 Å². The number of fused-ring (bicyclic) bond motifs is 2. The summed E-state index contributed by atoms with van der Waals surface area (Å²) in [6.45, 7) is 4.82. The number of benzene rings is 2. The summed E-state index contributed by atoms with van der Waals surface area (Å²) in [7, 11) is 0. The van der Waals surface area contributed by atoms with Gasteiger partial charge in [-0.3, -0.25) is 5.10 Å². The van der Waals surface area contributed by atoms with Crippen LogP contribution in [-0.4, -0.2) is 58.4 Å². The van der Waals surface area contributed by atoms with Crippen molar-refractivity contribution in [2.75, 3.05) is 31.1 Å². The third-order valence-corrected chi connectivity index (χ3v) is 7.35. The van der Waals surface area contributed by atoms with Crippen LogP contribution in [0.1, 0.15) is 30.9 Å². The highest BCUT2D eigenvalue weighted by Gasteiger charge is 2.50. The Morgan fingerprint density at radius 1 is 1.26 bits per heavy atom. The number of rotatable bonds is 3. The average molecular weight is 471 g/mol. The van der Waals surface area contributed by atoms with Gasteiger partial charge in [-0.2, -0.15) is 10.4 Å². The van der Waals surface area contributed by atoms with E-state index < -0.39 is 11.4 Å². The molecule has 0 radical (unpaired) electrons. The Kier molecular flexibility index (Phi) is 5.00. The van der Waals surface area contributed by atoms with Crippen LogP contribution in [0.25, 0.3) is 10.9 Å². The Morgan fingerprint density at radius 2 is 2.14 bits per heavy atom. The van der Waals surface area contributed by atoms with Crippen LogP contribution >= 0.6 is 0 Å². The van der Waals surface area contributed by atoms with Gasteiger partial charge < -0.3 is 20.4 Å². The molecule has 8 nitrogen and oxygen atoms in total. The van der Waals surface area contributed by atoms with Gasteiger partial charge in [0.15, 0.2) is 11.6 Å². The monoisotopic (exact) mass is 470 g/mol. The van der Waals surface area contributed by atoms with Crippen molar-refractivity contribution in [2.45, 2.75) is 31.3 Å². The molecule has 2 atom stereocenters. The zero-order valence-electron chi connectivity index (χ0n) is 19.6. The second-order valence-corrected chi connectivity index (χ2v) is 9.70. The number of nitrogens with two attached hydrogens (primary N) is 1. The van der Waals surface area contributed by atoms with Gasteiger partial charge in [0.1, 0.15) is 11.9 Å². The molecule has 2 aromatic carbocycles. The number of aromatic amines is 1. The van der Waals surface area contributed by atoms with Crippen LogP contribution in [0.5, 0.6) is 0 Å². The van der Waals surface area contributed by atoms with Gasteiger partial charge in [-0.25, -0.2) is 9.38 Å². The number of aliphatic imine (C=N–C) groups is 1. The molecule has 2 unspecified atom stereocenters. The maximum atomic E-state index is 15.7. The first-order chi connectivity index (χ1) is 17.0. The van der Waals surface area contributed by atoms with Gasteiger partial charge in [-0.05, 0) is 44.0 Å². The van der Waals surface area contributed by atoms with E-state index in [4.69, 9.17) is 10.7 Å². The molecule has 2 fully saturated rings. The number of hydrogen-bond donors (Lipinski definition) is 2. The Bertz CT molecular complexity index is 1400. The number of nitriles is 1. The van der Waals surface area contributed by atoms with Crippen LogP contribution < -0.4 is 10.6 Å². The molecule has 6 rings (SSSR count). The van der Waals surface area contributed by atoms with Crippen LogP contribution in [0.4, 0.5) is 10.1 Å². The molecule has 178 valence electrons. The molecule has 4 heterocycles. The van der Waals surface area contributed by atoms with Gasteiger partial charge >= 0.3 is 0 Å². The Balaban J connectivity index is 1.58. The molecule has 2 saturated heterocycles. The normalized spacial score (nSPS) is 24.3. The van der Waals surface area contributed by atoms with E-state index in [1.54, 1.807) is 12.1 Å². The number of hydrogen-bond acceptors (Lipinski definition) is 7. The quantitative estimate of drug-likeness (QED) is 0.610. The molecule has 35 heavy (non-hydrogen) atoms. The largest absolute Gasteiger partial charge is 0.352 e. The minimum Gasteiger partial charge on any atom is -0.352 e. The molecule has 0 saturated carbocycles. The lowest BCUT2D eigenvalue weighted by molar-refractivity contribution is 0.245. The lowest BCUT2D eigenvalue weighted by Gasteiger charge is -2.40. The highest BCUT2D eigenvalue weighted by Crippen LogP contribution is 2.47. The maximum absolute atomic E-state index is 15.7. The van der Waals surface area contributed by atoms with Crippen LogP contribution in [0.3, 0.4) is 0 Å². The number of aromatic nitrogens is 2. The van der Waals surface area contributed by atoms with E-state index >= 15 is 4.39 Å². The van der Waals surface area contributed by atoms with Crippen molar-refractivity contribution in [3.8, 4) is 6.07 Å². The number of piperidine rings is 1. The summed E-state index contributed by atoms with van der Waals surface area (Å²) in [6, 6.07) is 13.2. The van der Waals surface area contributed by atoms with E-state index in [1.165, 1.54) is 6.07 Å². The minimum atomic E-state index is -0.777. The van der Waals surface area contributed by atoms with Crippen LogP contribution in [0.2, 0.25) is 0 Å². The van der Waals surface area contributed by atoms with E-state index in [0.717, 1.165) is 54.2 Å². The maximum Gasteiger partial charge on any atom is 0.169 e. The fraction of sp³-hybridized carbons (Fsp3) is 0.346. The molecule has 1 aromatic heterocycles. The van der Waals surface area contributed by atoms with Crippen LogP contribution in [0.15, 0.2) is 59.2 Å². The number of H-pyrrole nitrogens is 1. The average Bonchev–Trinajstić information content (AvgIpc) is 3.45. The number of anilines is 1. The van der Waals surface area contributed by atoms with E-state index in [0.29, 0.717) is 18.7 Å². The van der Waals surface area contributed by atoms with Crippen molar-refractivity contribution in [1.82, 2.24) is 20.0 Å². The van der Waals surface area contributed by atoms with Gasteiger partial charge in [0.25, 0.3) is 0 Å². The Hall–Kier alpha value is -3.90. The first kappa shape index (κ1) is 21.6. The summed E-state index contributed by atoms with van der Waals surface area (Å²) in [4.78, 5) is 11.5. The third-order valence-electron chi connectivity index (χ3n) is 7.35. The predicted octanol–water partition coefficient (Wildman–Crippen LogP) is 3.25. The molecule has 0 spiro atoms. The number of likely N-dealkylation sites (tertiary alicyclic amines) is 1. The molecule has 3 aliphatic rings. The molecule has 0 aliphatic carbocycles. The molecule has 3 N–H and O–H groups in total. The molecule has 9 heteroatoms. The summed E-state index contributed by atoms with van der Waals surface area (Å²) in [6.07, 6.45) is 5.78.